The number of ketones is 1. The van der Waals surface area contributed by atoms with Crippen LogP contribution in [0.15, 0.2) is 18.2 Å². The second kappa shape index (κ2) is 8.22. The Labute approximate surface area is 174 Å². The first-order valence-corrected chi connectivity index (χ1v) is 7.64. The zero-order valence-corrected chi connectivity index (χ0v) is 15.4. The zero-order chi connectivity index (χ0) is 21.6. The minimum atomic E-state index is -2.05. The number of hydrogen-bond acceptors (Lipinski definition) is 4. The molecular weight excluding hydrogens is 468 g/mol. The summed E-state index contributed by atoms with van der Waals surface area (Å²) in [5, 5.41) is 22.3. The Hall–Kier alpha value is -3.29. The van der Waals surface area contributed by atoms with Crippen molar-refractivity contribution in [2.24, 2.45) is 0 Å². The number of carbonyl (C=O) groups is 1. The van der Waals surface area contributed by atoms with Gasteiger partial charge in [0, 0.05) is 28.7 Å². The van der Waals surface area contributed by atoms with Gasteiger partial charge in [-0.15, -0.1) is 0 Å². The van der Waals surface area contributed by atoms with Crippen LogP contribution in [-0.2, 0) is 17.1 Å². The van der Waals surface area contributed by atoms with Gasteiger partial charge in [0.15, 0.2) is 23.3 Å². The van der Waals surface area contributed by atoms with E-state index < -0.39 is 68.9 Å². The molecule has 2 aromatic carbocycles. The first kappa shape index (κ1) is 23.0. The molecule has 159 valence electrons. The maximum atomic E-state index is 14.2. The molecule has 5 nitrogen and oxygen atoms in total. The number of benzene rings is 2. The van der Waals surface area contributed by atoms with Crippen LogP contribution in [0.5, 0.6) is 5.88 Å². The Morgan fingerprint density at radius 1 is 1.00 bits per heavy atom. The van der Waals surface area contributed by atoms with Crippen molar-refractivity contribution in [3.8, 4) is 17.6 Å². The summed E-state index contributed by atoms with van der Waals surface area (Å²) in [6.07, 6.45) is 0. The Morgan fingerprint density at radius 2 is 1.50 bits per heavy atom. The Kier molecular flexibility index (Phi) is 6.30. The van der Waals surface area contributed by atoms with E-state index in [-0.39, 0.29) is 27.4 Å². The SMILES string of the molecule is Cc1nn(-c2c(F)c(F)c(C#N)c(F)c2F)c(O)c1C(=O)c1cc(F)cc(F)c1.[Cu]. The van der Waals surface area contributed by atoms with Gasteiger partial charge in [0.1, 0.15) is 34.5 Å². The third kappa shape index (κ3) is 3.53. The number of aryl methyl sites for hydroxylation is 1. The molecular formula is C18H7CuF6N3O2. The summed E-state index contributed by atoms with van der Waals surface area (Å²) >= 11 is 0. The number of nitrogens with zero attached hydrogens (tertiary/aromatic N) is 3. The Morgan fingerprint density at radius 3 is 1.97 bits per heavy atom. The maximum Gasteiger partial charge on any atom is 0.226 e. The van der Waals surface area contributed by atoms with Crippen LogP contribution in [-0.4, -0.2) is 20.7 Å². The fourth-order valence-electron chi connectivity index (χ4n) is 2.67. The molecule has 0 unspecified atom stereocenters. The monoisotopic (exact) mass is 474 g/mol. The van der Waals surface area contributed by atoms with E-state index in [2.05, 4.69) is 5.10 Å². The summed E-state index contributed by atoms with van der Waals surface area (Å²) in [6, 6.07) is 2.73. The summed E-state index contributed by atoms with van der Waals surface area (Å²) in [5.74, 6) is -12.8. The third-order valence-electron chi connectivity index (χ3n) is 3.95. The molecule has 0 atom stereocenters. The minimum Gasteiger partial charge on any atom is -0.493 e. The number of aromatic nitrogens is 2. The third-order valence-corrected chi connectivity index (χ3v) is 3.95. The van der Waals surface area contributed by atoms with Gasteiger partial charge in [0.25, 0.3) is 0 Å². The van der Waals surface area contributed by atoms with Crippen LogP contribution in [0.3, 0.4) is 0 Å². The predicted molar refractivity (Wildman–Crippen MR) is 84.3 cm³/mol. The van der Waals surface area contributed by atoms with Crippen LogP contribution in [0, 0.1) is 53.2 Å². The molecule has 0 bridgehead atoms. The van der Waals surface area contributed by atoms with Gasteiger partial charge in [0.05, 0.1) is 5.69 Å². The fourth-order valence-corrected chi connectivity index (χ4v) is 2.67. The van der Waals surface area contributed by atoms with Gasteiger partial charge < -0.3 is 5.11 Å². The molecule has 0 aliphatic rings. The maximum absolute atomic E-state index is 14.2. The van der Waals surface area contributed by atoms with Crippen molar-refractivity contribution in [2.75, 3.05) is 0 Å². The standard InChI is InChI=1S/C18H7F6N3O2.Cu/c1-6-11(17(28)7-2-8(19)4-9(20)3-7)18(29)27(26-6)16-14(23)12(21)10(5-25)13(22)15(16)24;/h2-4,29H,1H3;. The fraction of sp³-hybridized carbons (Fsp3) is 0.0556. The second-order valence-corrected chi connectivity index (χ2v) is 5.77. The molecule has 0 spiro atoms. The molecule has 1 N–H and O–H groups in total. The summed E-state index contributed by atoms with van der Waals surface area (Å²) < 4.78 is 82.9. The average Bonchev–Trinajstić information content (AvgIpc) is 2.93. The van der Waals surface area contributed by atoms with E-state index in [0.29, 0.717) is 18.2 Å². The topological polar surface area (TPSA) is 78.9 Å². The second-order valence-electron chi connectivity index (χ2n) is 5.77. The van der Waals surface area contributed by atoms with E-state index in [4.69, 9.17) is 5.26 Å². The first-order valence-electron chi connectivity index (χ1n) is 7.64. The van der Waals surface area contributed by atoms with Crippen molar-refractivity contribution < 1.29 is 53.3 Å². The van der Waals surface area contributed by atoms with Gasteiger partial charge in [-0.3, -0.25) is 4.79 Å². The van der Waals surface area contributed by atoms with Crippen molar-refractivity contribution in [3.05, 3.63) is 75.5 Å². The molecule has 1 heterocycles. The van der Waals surface area contributed by atoms with Gasteiger partial charge in [-0.1, -0.05) is 0 Å². The molecule has 0 saturated carbocycles. The molecule has 30 heavy (non-hydrogen) atoms. The van der Waals surface area contributed by atoms with Gasteiger partial charge in [0.2, 0.25) is 11.7 Å². The van der Waals surface area contributed by atoms with Crippen molar-refractivity contribution in [1.29, 1.82) is 5.26 Å². The number of rotatable bonds is 3. The Bertz CT molecular complexity index is 1190. The van der Waals surface area contributed by atoms with Crippen LogP contribution in [0.4, 0.5) is 26.3 Å². The van der Waals surface area contributed by atoms with Crippen molar-refractivity contribution in [2.45, 2.75) is 6.92 Å². The molecule has 0 aliphatic carbocycles. The molecule has 12 heteroatoms. The molecule has 1 radical (unpaired) electrons. The summed E-state index contributed by atoms with van der Waals surface area (Å²) in [7, 11) is 0. The van der Waals surface area contributed by atoms with Crippen molar-refractivity contribution >= 4 is 5.78 Å². The summed E-state index contributed by atoms with van der Waals surface area (Å²) in [4.78, 5) is 12.5. The van der Waals surface area contributed by atoms with Crippen LogP contribution in [0.1, 0.15) is 27.2 Å². The normalized spacial score (nSPS) is 10.5. The molecule has 0 amide bonds. The average molecular weight is 475 g/mol. The van der Waals surface area contributed by atoms with Gasteiger partial charge in [-0.25, -0.2) is 26.3 Å². The van der Waals surface area contributed by atoms with Crippen molar-refractivity contribution in [3.63, 3.8) is 0 Å². The van der Waals surface area contributed by atoms with Gasteiger partial charge in [-0.05, 0) is 19.1 Å². The van der Waals surface area contributed by atoms with E-state index in [1.165, 1.54) is 0 Å². The first-order chi connectivity index (χ1) is 13.6. The molecule has 0 fully saturated rings. The number of halogens is 6. The number of aromatic hydroxyl groups is 1. The van der Waals surface area contributed by atoms with Gasteiger partial charge in [-0.2, -0.15) is 15.0 Å². The van der Waals surface area contributed by atoms with Crippen LogP contribution in [0.2, 0.25) is 0 Å². The quantitative estimate of drug-likeness (QED) is 0.271. The molecule has 3 aromatic rings. The van der Waals surface area contributed by atoms with Crippen LogP contribution >= 0.6 is 0 Å². The Balaban J connectivity index is 0.00000320. The van der Waals surface area contributed by atoms with Gasteiger partial charge >= 0.3 is 0 Å². The molecule has 3 rings (SSSR count). The zero-order valence-electron chi connectivity index (χ0n) is 14.5. The van der Waals surface area contributed by atoms with Crippen LogP contribution in [0.25, 0.3) is 5.69 Å². The number of hydrogen-bond donors (Lipinski definition) is 1. The predicted octanol–water partition coefficient (Wildman–Crippen LogP) is 3.82. The van der Waals surface area contributed by atoms with E-state index in [0.717, 1.165) is 13.0 Å². The smallest absolute Gasteiger partial charge is 0.226 e. The van der Waals surface area contributed by atoms with Crippen LogP contribution < -0.4 is 0 Å². The molecule has 0 saturated heterocycles. The van der Waals surface area contributed by atoms with E-state index in [9.17, 15) is 36.2 Å². The number of nitriles is 1. The largest absolute Gasteiger partial charge is 0.493 e. The molecule has 1 aromatic heterocycles. The minimum absolute atomic E-state index is 0. The van der Waals surface area contributed by atoms with E-state index >= 15 is 0 Å². The van der Waals surface area contributed by atoms with E-state index in [1.54, 1.807) is 0 Å². The van der Waals surface area contributed by atoms with E-state index in [1.807, 2.05) is 0 Å². The summed E-state index contributed by atoms with van der Waals surface area (Å²) in [5.41, 5.74) is -4.68. The summed E-state index contributed by atoms with van der Waals surface area (Å²) in [6.45, 7) is 1.10. The number of carbonyl (C=O) groups excluding carboxylic acids is 1. The van der Waals surface area contributed by atoms with Crippen molar-refractivity contribution in [1.82, 2.24) is 9.78 Å². The molecule has 0 aliphatic heterocycles.